The molecule has 0 heterocycles. The summed E-state index contributed by atoms with van der Waals surface area (Å²) >= 11 is 0. The first-order valence-electron chi connectivity index (χ1n) is 9.35. The number of hydrogen-bond donors (Lipinski definition) is 3. The molecule has 5 heteroatoms. The van der Waals surface area contributed by atoms with E-state index in [4.69, 9.17) is 4.74 Å². The van der Waals surface area contributed by atoms with Crippen LogP contribution in [-0.4, -0.2) is 29.0 Å². The summed E-state index contributed by atoms with van der Waals surface area (Å²) in [6.07, 6.45) is -1.28. The lowest BCUT2D eigenvalue weighted by atomic mass is 9.97. The van der Waals surface area contributed by atoms with Crippen LogP contribution in [0, 0.1) is 5.92 Å². The molecule has 27 heavy (non-hydrogen) atoms. The van der Waals surface area contributed by atoms with Crippen LogP contribution in [0.1, 0.15) is 43.1 Å². The molecule has 0 aliphatic carbocycles. The number of ether oxygens (including phenoxy) is 1. The largest absolute Gasteiger partial charge is 0.445 e. The molecule has 2 unspecified atom stereocenters. The van der Waals surface area contributed by atoms with Gasteiger partial charge in [-0.05, 0) is 35.4 Å². The monoisotopic (exact) mass is 371 g/mol. The molecule has 0 bridgehead atoms. The Morgan fingerprint density at radius 2 is 1.67 bits per heavy atom. The van der Waals surface area contributed by atoms with Crippen LogP contribution in [0.4, 0.5) is 4.79 Å². The smallest absolute Gasteiger partial charge is 0.407 e. The normalized spacial score (nSPS) is 13.2. The molecule has 146 valence electrons. The van der Waals surface area contributed by atoms with Crippen LogP contribution in [0.15, 0.2) is 54.6 Å². The summed E-state index contributed by atoms with van der Waals surface area (Å²) in [6.45, 7) is 4.73. The molecular formula is C22H29NO4. The minimum atomic E-state index is -0.986. The average molecular weight is 371 g/mol. The Morgan fingerprint density at radius 3 is 2.30 bits per heavy atom. The molecule has 0 radical (unpaired) electrons. The molecule has 2 atom stereocenters. The standard InChI is InChI=1S/C22H29NO4/c1-16(2)14-17-8-10-19(11-9-17)21(25)20(24)12-13-23-22(26)27-15-18-6-4-3-5-7-18/h3-11,16,20-21,24-25H,12-15H2,1-2H3,(H,23,26). The second-order valence-electron chi connectivity index (χ2n) is 7.13. The second-order valence-corrected chi connectivity index (χ2v) is 7.13. The zero-order chi connectivity index (χ0) is 19.6. The van der Waals surface area contributed by atoms with Crippen LogP contribution in [0.5, 0.6) is 0 Å². The molecule has 0 aliphatic rings. The van der Waals surface area contributed by atoms with E-state index >= 15 is 0 Å². The minimum absolute atomic E-state index is 0.195. The van der Waals surface area contributed by atoms with Crippen molar-refractivity contribution in [2.75, 3.05) is 6.54 Å². The molecule has 1 amide bonds. The number of alkyl carbamates (subject to hydrolysis) is 1. The summed E-state index contributed by atoms with van der Waals surface area (Å²) in [6, 6.07) is 17.0. The molecule has 0 spiro atoms. The quantitative estimate of drug-likeness (QED) is 0.629. The molecule has 0 aromatic heterocycles. The zero-order valence-corrected chi connectivity index (χ0v) is 16.0. The number of hydrogen-bond acceptors (Lipinski definition) is 4. The highest BCUT2D eigenvalue weighted by molar-refractivity contribution is 5.67. The fraction of sp³-hybridized carbons (Fsp3) is 0.409. The van der Waals surface area contributed by atoms with Gasteiger partial charge in [0.2, 0.25) is 0 Å². The topological polar surface area (TPSA) is 78.8 Å². The summed E-state index contributed by atoms with van der Waals surface area (Å²) in [5.41, 5.74) is 2.78. The van der Waals surface area contributed by atoms with Crippen LogP contribution < -0.4 is 5.32 Å². The molecular weight excluding hydrogens is 342 g/mol. The SMILES string of the molecule is CC(C)Cc1ccc(C(O)C(O)CCNC(=O)OCc2ccccc2)cc1. The van der Waals surface area contributed by atoms with E-state index in [1.54, 1.807) is 0 Å². The third-order valence-corrected chi connectivity index (χ3v) is 4.25. The van der Waals surface area contributed by atoms with Gasteiger partial charge in [0.05, 0.1) is 6.10 Å². The first-order chi connectivity index (χ1) is 13.0. The van der Waals surface area contributed by atoms with Crippen molar-refractivity contribution in [2.45, 2.75) is 45.5 Å². The highest BCUT2D eigenvalue weighted by Gasteiger charge is 2.18. The Hall–Kier alpha value is -2.37. The number of benzene rings is 2. The molecule has 3 N–H and O–H groups in total. The molecule has 2 aromatic rings. The highest BCUT2D eigenvalue weighted by atomic mass is 16.5. The Labute approximate surface area is 161 Å². The lowest BCUT2D eigenvalue weighted by Gasteiger charge is -2.19. The van der Waals surface area contributed by atoms with Crippen molar-refractivity contribution in [1.29, 1.82) is 0 Å². The van der Waals surface area contributed by atoms with Crippen molar-refractivity contribution in [3.63, 3.8) is 0 Å². The number of carbonyl (C=O) groups excluding carboxylic acids is 1. The van der Waals surface area contributed by atoms with Crippen molar-refractivity contribution in [3.8, 4) is 0 Å². The van der Waals surface area contributed by atoms with Crippen molar-refractivity contribution in [2.24, 2.45) is 5.92 Å². The number of aliphatic hydroxyl groups is 2. The van der Waals surface area contributed by atoms with Crippen molar-refractivity contribution >= 4 is 6.09 Å². The number of rotatable bonds is 9. The molecule has 0 saturated heterocycles. The fourth-order valence-corrected chi connectivity index (χ4v) is 2.80. The van der Waals surface area contributed by atoms with Crippen LogP contribution >= 0.6 is 0 Å². The first kappa shape index (κ1) is 20.9. The molecule has 2 rings (SSSR count). The molecule has 5 nitrogen and oxygen atoms in total. The van der Waals surface area contributed by atoms with E-state index in [1.807, 2.05) is 54.6 Å². The summed E-state index contributed by atoms with van der Waals surface area (Å²) in [5.74, 6) is 0.569. The van der Waals surface area contributed by atoms with Gasteiger partial charge in [-0.15, -0.1) is 0 Å². The molecule has 0 aliphatic heterocycles. The van der Waals surface area contributed by atoms with Gasteiger partial charge in [-0.1, -0.05) is 68.4 Å². The third kappa shape index (κ3) is 7.41. The van der Waals surface area contributed by atoms with Crippen molar-refractivity contribution in [3.05, 3.63) is 71.3 Å². The molecule has 0 fully saturated rings. The lowest BCUT2D eigenvalue weighted by Crippen LogP contribution is -2.29. The van der Waals surface area contributed by atoms with Gasteiger partial charge in [0, 0.05) is 6.54 Å². The van der Waals surface area contributed by atoms with Gasteiger partial charge < -0.3 is 20.3 Å². The van der Waals surface area contributed by atoms with Crippen LogP contribution in [-0.2, 0) is 17.8 Å². The zero-order valence-electron chi connectivity index (χ0n) is 16.0. The van der Waals surface area contributed by atoms with Gasteiger partial charge in [0.15, 0.2) is 0 Å². The predicted molar refractivity (Wildman–Crippen MR) is 105 cm³/mol. The summed E-state index contributed by atoms with van der Waals surface area (Å²) in [7, 11) is 0. The van der Waals surface area contributed by atoms with E-state index in [9.17, 15) is 15.0 Å². The van der Waals surface area contributed by atoms with Crippen molar-refractivity contribution in [1.82, 2.24) is 5.32 Å². The van der Waals surface area contributed by atoms with E-state index in [1.165, 1.54) is 5.56 Å². The number of amides is 1. The fourth-order valence-electron chi connectivity index (χ4n) is 2.80. The van der Waals surface area contributed by atoms with Gasteiger partial charge >= 0.3 is 6.09 Å². The van der Waals surface area contributed by atoms with Gasteiger partial charge in [-0.2, -0.15) is 0 Å². The van der Waals surface area contributed by atoms with Gasteiger partial charge in [-0.25, -0.2) is 4.79 Å². The van der Waals surface area contributed by atoms with Gasteiger partial charge in [0.1, 0.15) is 12.7 Å². The minimum Gasteiger partial charge on any atom is -0.445 e. The Morgan fingerprint density at radius 1 is 1.00 bits per heavy atom. The number of aliphatic hydroxyl groups excluding tert-OH is 2. The predicted octanol–water partition coefficient (Wildman–Crippen LogP) is 3.60. The number of nitrogens with one attached hydrogen (secondary N) is 1. The number of carbonyl (C=O) groups is 1. The highest BCUT2D eigenvalue weighted by Crippen LogP contribution is 2.20. The van der Waals surface area contributed by atoms with E-state index in [-0.39, 0.29) is 19.6 Å². The maximum absolute atomic E-state index is 11.7. The van der Waals surface area contributed by atoms with Crippen LogP contribution in [0.25, 0.3) is 0 Å². The summed E-state index contributed by atoms with van der Waals surface area (Å²) in [5, 5.41) is 23.0. The Kier molecular flexibility index (Phi) is 8.30. The van der Waals surface area contributed by atoms with E-state index in [0.29, 0.717) is 11.5 Å². The summed E-state index contributed by atoms with van der Waals surface area (Å²) in [4.78, 5) is 11.7. The first-order valence-corrected chi connectivity index (χ1v) is 9.35. The maximum Gasteiger partial charge on any atom is 0.407 e. The van der Waals surface area contributed by atoms with Crippen LogP contribution in [0.2, 0.25) is 0 Å². The van der Waals surface area contributed by atoms with E-state index in [0.717, 1.165) is 12.0 Å². The van der Waals surface area contributed by atoms with Gasteiger partial charge in [-0.3, -0.25) is 0 Å². The molecule has 0 saturated carbocycles. The maximum atomic E-state index is 11.7. The third-order valence-electron chi connectivity index (χ3n) is 4.25. The average Bonchev–Trinajstić information content (AvgIpc) is 2.66. The van der Waals surface area contributed by atoms with E-state index in [2.05, 4.69) is 19.2 Å². The second kappa shape index (κ2) is 10.7. The van der Waals surface area contributed by atoms with Crippen molar-refractivity contribution < 1.29 is 19.7 Å². The molecule has 2 aromatic carbocycles. The van der Waals surface area contributed by atoms with Crippen LogP contribution in [0.3, 0.4) is 0 Å². The van der Waals surface area contributed by atoms with E-state index < -0.39 is 18.3 Å². The Balaban J connectivity index is 1.71. The lowest BCUT2D eigenvalue weighted by molar-refractivity contribution is 0.0136. The summed E-state index contributed by atoms with van der Waals surface area (Å²) < 4.78 is 5.11. The Bertz CT molecular complexity index is 685. The van der Waals surface area contributed by atoms with Gasteiger partial charge in [0.25, 0.3) is 0 Å².